The zero-order chi connectivity index (χ0) is 12.5. The van der Waals surface area contributed by atoms with Gasteiger partial charge in [0.2, 0.25) is 0 Å². The summed E-state index contributed by atoms with van der Waals surface area (Å²) in [4.78, 5) is 14.1. The largest absolute Gasteiger partial charge is 0.451 e. The Morgan fingerprint density at radius 3 is 3.00 bits per heavy atom. The van der Waals surface area contributed by atoms with Crippen LogP contribution in [-0.2, 0) is 0 Å². The van der Waals surface area contributed by atoms with E-state index in [9.17, 15) is 4.79 Å². The Kier molecular flexibility index (Phi) is 2.80. The number of nitrogens with zero attached hydrogens (tertiary/aromatic N) is 1. The molecule has 0 bridgehead atoms. The number of hydrogen-bond acceptors (Lipinski definition) is 3. The van der Waals surface area contributed by atoms with Crippen molar-refractivity contribution < 1.29 is 9.21 Å². The number of nitrogens with two attached hydrogens (primary N) is 1. The summed E-state index contributed by atoms with van der Waals surface area (Å²) in [7, 11) is 0. The molecule has 1 aliphatic heterocycles. The van der Waals surface area contributed by atoms with Gasteiger partial charge in [-0.1, -0.05) is 18.2 Å². The smallest absolute Gasteiger partial charge is 0.289 e. The van der Waals surface area contributed by atoms with Crippen LogP contribution < -0.4 is 5.73 Å². The van der Waals surface area contributed by atoms with E-state index in [4.69, 9.17) is 10.2 Å². The van der Waals surface area contributed by atoms with Crippen molar-refractivity contribution >= 4 is 16.9 Å². The van der Waals surface area contributed by atoms with Crippen LogP contribution in [0.4, 0.5) is 0 Å². The van der Waals surface area contributed by atoms with Crippen LogP contribution >= 0.6 is 0 Å². The number of rotatable bonds is 2. The predicted molar refractivity (Wildman–Crippen MR) is 69.3 cm³/mol. The Bertz CT molecular complexity index is 543. The second kappa shape index (κ2) is 4.46. The molecule has 18 heavy (non-hydrogen) atoms. The molecule has 2 N–H and O–H groups in total. The van der Waals surface area contributed by atoms with Crippen molar-refractivity contribution in [2.24, 2.45) is 11.7 Å². The van der Waals surface area contributed by atoms with Crippen LogP contribution in [0.5, 0.6) is 0 Å². The summed E-state index contributed by atoms with van der Waals surface area (Å²) in [6, 6.07) is 9.47. The fourth-order valence-electron chi connectivity index (χ4n) is 2.45. The molecule has 0 spiro atoms. The zero-order valence-electron chi connectivity index (χ0n) is 10.1. The fourth-order valence-corrected chi connectivity index (χ4v) is 2.45. The molecule has 1 amide bonds. The highest BCUT2D eigenvalue weighted by molar-refractivity contribution is 5.96. The summed E-state index contributed by atoms with van der Waals surface area (Å²) in [5.41, 5.74) is 6.39. The third-order valence-electron chi connectivity index (χ3n) is 3.54. The Morgan fingerprint density at radius 2 is 2.28 bits per heavy atom. The average Bonchev–Trinajstić information content (AvgIpc) is 3.04. The highest BCUT2D eigenvalue weighted by atomic mass is 16.3. The molecule has 3 rings (SSSR count). The fraction of sp³-hybridized carbons (Fsp3) is 0.357. The Hall–Kier alpha value is -1.81. The van der Waals surface area contributed by atoms with Gasteiger partial charge in [-0.2, -0.15) is 0 Å². The normalized spacial score (nSPS) is 19.6. The molecule has 0 saturated carbocycles. The molecule has 1 fully saturated rings. The summed E-state index contributed by atoms with van der Waals surface area (Å²) in [5.74, 6) is 0.828. The summed E-state index contributed by atoms with van der Waals surface area (Å²) in [5, 5.41) is 0.968. The molecular weight excluding hydrogens is 228 g/mol. The minimum Gasteiger partial charge on any atom is -0.451 e. The number of carbonyl (C=O) groups is 1. The SMILES string of the molecule is NCC1CCN(C(=O)c2cc3ccccc3o2)C1. The van der Waals surface area contributed by atoms with Crippen LogP contribution in [0, 0.1) is 5.92 Å². The van der Waals surface area contributed by atoms with Crippen molar-refractivity contribution in [3.8, 4) is 0 Å². The molecule has 0 aliphatic carbocycles. The minimum atomic E-state index is -0.0258. The van der Waals surface area contributed by atoms with Crippen LogP contribution in [0.1, 0.15) is 17.0 Å². The van der Waals surface area contributed by atoms with E-state index in [2.05, 4.69) is 0 Å². The first-order valence-corrected chi connectivity index (χ1v) is 6.26. The quantitative estimate of drug-likeness (QED) is 0.877. The third kappa shape index (κ3) is 1.88. The van der Waals surface area contributed by atoms with E-state index in [1.54, 1.807) is 0 Å². The van der Waals surface area contributed by atoms with Crippen LogP contribution in [0.2, 0.25) is 0 Å². The van der Waals surface area contributed by atoms with Gasteiger partial charge in [0.15, 0.2) is 5.76 Å². The number of likely N-dealkylation sites (tertiary alicyclic amines) is 1. The molecule has 1 unspecified atom stereocenters. The first kappa shape index (κ1) is 11.3. The maximum Gasteiger partial charge on any atom is 0.289 e. The van der Waals surface area contributed by atoms with E-state index < -0.39 is 0 Å². The predicted octanol–water partition coefficient (Wildman–Crippen LogP) is 1.85. The van der Waals surface area contributed by atoms with Gasteiger partial charge >= 0.3 is 0 Å². The topological polar surface area (TPSA) is 59.5 Å². The number of furan rings is 1. The van der Waals surface area contributed by atoms with E-state index in [1.165, 1.54) is 0 Å². The summed E-state index contributed by atoms with van der Waals surface area (Å²) in [6.45, 7) is 2.16. The lowest BCUT2D eigenvalue weighted by Crippen LogP contribution is -2.29. The van der Waals surface area contributed by atoms with Crippen molar-refractivity contribution in [2.45, 2.75) is 6.42 Å². The van der Waals surface area contributed by atoms with Gasteiger partial charge in [-0.15, -0.1) is 0 Å². The number of para-hydroxylation sites is 1. The molecule has 2 heterocycles. The van der Waals surface area contributed by atoms with Crippen molar-refractivity contribution in [2.75, 3.05) is 19.6 Å². The average molecular weight is 244 g/mol. The third-order valence-corrected chi connectivity index (χ3v) is 3.54. The van der Waals surface area contributed by atoms with Gasteiger partial charge in [0.05, 0.1) is 0 Å². The van der Waals surface area contributed by atoms with Crippen molar-refractivity contribution in [3.05, 3.63) is 36.1 Å². The van der Waals surface area contributed by atoms with E-state index >= 15 is 0 Å². The van der Waals surface area contributed by atoms with Crippen LogP contribution in [0.15, 0.2) is 34.7 Å². The van der Waals surface area contributed by atoms with Crippen molar-refractivity contribution in [1.82, 2.24) is 4.90 Å². The van der Waals surface area contributed by atoms with Gasteiger partial charge in [0, 0.05) is 18.5 Å². The molecule has 4 nitrogen and oxygen atoms in total. The van der Waals surface area contributed by atoms with E-state index in [0.717, 1.165) is 30.5 Å². The van der Waals surface area contributed by atoms with Gasteiger partial charge in [0.25, 0.3) is 5.91 Å². The highest BCUT2D eigenvalue weighted by Gasteiger charge is 2.27. The zero-order valence-corrected chi connectivity index (χ0v) is 10.1. The number of fused-ring (bicyclic) bond motifs is 1. The number of carbonyl (C=O) groups excluding carboxylic acids is 1. The maximum absolute atomic E-state index is 12.3. The molecule has 1 aromatic carbocycles. The lowest BCUT2D eigenvalue weighted by molar-refractivity contribution is 0.0758. The second-order valence-electron chi connectivity index (χ2n) is 4.79. The molecule has 1 saturated heterocycles. The van der Waals surface area contributed by atoms with Crippen molar-refractivity contribution in [1.29, 1.82) is 0 Å². The van der Waals surface area contributed by atoms with Gasteiger partial charge in [-0.25, -0.2) is 0 Å². The van der Waals surface area contributed by atoms with Gasteiger partial charge in [-0.05, 0) is 31.0 Å². The summed E-state index contributed by atoms with van der Waals surface area (Å²) in [6.07, 6.45) is 0.989. The van der Waals surface area contributed by atoms with Crippen LogP contribution in [-0.4, -0.2) is 30.4 Å². The first-order valence-electron chi connectivity index (χ1n) is 6.26. The minimum absolute atomic E-state index is 0.0258. The lowest BCUT2D eigenvalue weighted by Gasteiger charge is -2.14. The van der Waals surface area contributed by atoms with Gasteiger partial charge in [-0.3, -0.25) is 4.79 Å². The lowest BCUT2D eigenvalue weighted by atomic mass is 10.1. The highest BCUT2D eigenvalue weighted by Crippen LogP contribution is 2.23. The standard InChI is InChI=1S/C14H16N2O2/c15-8-10-5-6-16(9-10)14(17)13-7-11-3-1-2-4-12(11)18-13/h1-4,7,10H,5-6,8-9,15H2. The summed E-state index contributed by atoms with van der Waals surface area (Å²) < 4.78 is 5.59. The number of amides is 1. The molecular formula is C14H16N2O2. The first-order chi connectivity index (χ1) is 8.78. The summed E-state index contributed by atoms with van der Waals surface area (Å²) >= 11 is 0. The van der Waals surface area contributed by atoms with Crippen LogP contribution in [0.3, 0.4) is 0 Å². The molecule has 4 heteroatoms. The molecule has 1 atom stereocenters. The monoisotopic (exact) mass is 244 g/mol. The van der Waals surface area contributed by atoms with Crippen LogP contribution in [0.25, 0.3) is 11.0 Å². The second-order valence-corrected chi connectivity index (χ2v) is 4.79. The molecule has 94 valence electrons. The van der Waals surface area contributed by atoms with Gasteiger partial charge < -0.3 is 15.1 Å². The number of hydrogen-bond donors (Lipinski definition) is 1. The Balaban J connectivity index is 1.84. The molecule has 2 aromatic rings. The van der Waals surface area contributed by atoms with E-state index in [0.29, 0.717) is 18.2 Å². The Morgan fingerprint density at radius 1 is 1.44 bits per heavy atom. The molecule has 0 radical (unpaired) electrons. The van der Waals surface area contributed by atoms with E-state index in [1.807, 2.05) is 35.2 Å². The Labute approximate surface area is 105 Å². The van der Waals surface area contributed by atoms with Gasteiger partial charge in [0.1, 0.15) is 5.58 Å². The van der Waals surface area contributed by atoms with E-state index in [-0.39, 0.29) is 5.91 Å². The molecule has 1 aliphatic rings. The number of benzene rings is 1. The maximum atomic E-state index is 12.3. The van der Waals surface area contributed by atoms with Crippen molar-refractivity contribution in [3.63, 3.8) is 0 Å². The molecule has 1 aromatic heterocycles.